The molecule has 1 aromatic heterocycles. The SMILES string of the molecule is CCOC(=O)OC(C)C1(NC(=O)C(=NOC)c2csc(N)n2)C(=O)N2C(C(=O)O)=C(COC)CS[C@H]21. The second kappa shape index (κ2) is 11.1. The molecule has 1 saturated heterocycles. The monoisotopic (exact) mass is 543 g/mol. The highest BCUT2D eigenvalue weighted by Gasteiger charge is 2.69. The van der Waals surface area contributed by atoms with Gasteiger partial charge in [-0.3, -0.25) is 14.5 Å². The summed E-state index contributed by atoms with van der Waals surface area (Å²) in [6, 6.07) is 0. The first-order valence-corrected chi connectivity index (χ1v) is 12.4. The van der Waals surface area contributed by atoms with Crippen LogP contribution in [0.25, 0.3) is 0 Å². The average molecular weight is 544 g/mol. The lowest BCUT2D eigenvalue weighted by Gasteiger charge is -2.58. The fourth-order valence-corrected chi connectivity index (χ4v) is 5.94. The van der Waals surface area contributed by atoms with Gasteiger partial charge in [0.2, 0.25) is 0 Å². The minimum Gasteiger partial charge on any atom is -0.477 e. The maximum atomic E-state index is 13.6. The summed E-state index contributed by atoms with van der Waals surface area (Å²) in [7, 11) is 2.63. The number of ether oxygens (including phenoxy) is 3. The number of carboxylic acid groups (broad SMARTS) is 1. The Morgan fingerprint density at radius 3 is 2.69 bits per heavy atom. The molecule has 196 valence electrons. The Balaban J connectivity index is 2.03. The van der Waals surface area contributed by atoms with Crippen molar-refractivity contribution < 1.29 is 43.3 Å². The summed E-state index contributed by atoms with van der Waals surface area (Å²) >= 11 is 2.24. The van der Waals surface area contributed by atoms with Crippen molar-refractivity contribution in [1.82, 2.24) is 15.2 Å². The van der Waals surface area contributed by atoms with Gasteiger partial charge in [-0.05, 0) is 19.4 Å². The molecule has 0 saturated carbocycles. The number of carbonyl (C=O) groups excluding carboxylic acids is 3. The van der Waals surface area contributed by atoms with E-state index in [1.165, 1.54) is 38.3 Å². The lowest BCUT2D eigenvalue weighted by Crippen LogP contribution is -2.84. The second-order valence-corrected chi connectivity index (χ2v) is 9.45. The number of hydrogen-bond donors (Lipinski definition) is 3. The fraction of sp³-hybridized carbons (Fsp3) is 0.500. The molecule has 14 nitrogen and oxygen atoms in total. The molecule has 2 aliphatic rings. The Morgan fingerprint density at radius 2 is 2.14 bits per heavy atom. The van der Waals surface area contributed by atoms with Gasteiger partial charge in [0.25, 0.3) is 11.8 Å². The Kier molecular flexibility index (Phi) is 8.42. The number of methoxy groups -OCH3 is 1. The Bertz CT molecular complexity index is 1120. The lowest BCUT2D eigenvalue weighted by atomic mass is 9.81. The summed E-state index contributed by atoms with van der Waals surface area (Å²) in [4.78, 5) is 61.0. The Labute approximate surface area is 213 Å². The normalized spacial score (nSPS) is 22.3. The summed E-state index contributed by atoms with van der Waals surface area (Å²) in [6.45, 7) is 2.99. The van der Waals surface area contributed by atoms with E-state index in [0.717, 1.165) is 16.2 Å². The van der Waals surface area contributed by atoms with Crippen LogP contribution >= 0.6 is 23.1 Å². The molecule has 36 heavy (non-hydrogen) atoms. The van der Waals surface area contributed by atoms with Crippen molar-refractivity contribution in [1.29, 1.82) is 0 Å². The highest BCUT2D eigenvalue weighted by Crippen LogP contribution is 2.48. The van der Waals surface area contributed by atoms with Crippen molar-refractivity contribution in [2.24, 2.45) is 5.16 Å². The van der Waals surface area contributed by atoms with Crippen molar-refractivity contribution in [2.75, 3.05) is 38.9 Å². The van der Waals surface area contributed by atoms with Gasteiger partial charge >= 0.3 is 12.1 Å². The van der Waals surface area contributed by atoms with Gasteiger partial charge in [0.15, 0.2) is 16.4 Å². The van der Waals surface area contributed by atoms with E-state index in [0.29, 0.717) is 5.57 Å². The molecule has 1 aromatic rings. The number of thiazole rings is 1. The molecule has 3 heterocycles. The smallest absolute Gasteiger partial charge is 0.477 e. The van der Waals surface area contributed by atoms with Crippen LogP contribution in [0.1, 0.15) is 19.5 Å². The first-order valence-electron chi connectivity index (χ1n) is 10.5. The van der Waals surface area contributed by atoms with E-state index in [1.54, 1.807) is 6.92 Å². The predicted octanol–water partition coefficient (Wildman–Crippen LogP) is 0.393. The lowest BCUT2D eigenvalue weighted by molar-refractivity contribution is -0.167. The molecular formula is C20H25N5O9S2. The summed E-state index contributed by atoms with van der Waals surface area (Å²) < 4.78 is 15.2. The van der Waals surface area contributed by atoms with Gasteiger partial charge in [0.1, 0.15) is 30.0 Å². The van der Waals surface area contributed by atoms with E-state index in [4.69, 9.17) is 24.8 Å². The number of fused-ring (bicyclic) bond motifs is 1. The van der Waals surface area contributed by atoms with Crippen molar-refractivity contribution in [3.8, 4) is 0 Å². The van der Waals surface area contributed by atoms with E-state index < -0.39 is 41.0 Å². The zero-order chi connectivity index (χ0) is 26.6. The number of oxime groups is 1. The number of thioether (sulfide) groups is 1. The number of hydrogen-bond acceptors (Lipinski definition) is 13. The summed E-state index contributed by atoms with van der Waals surface area (Å²) in [5.74, 6) is -2.82. The van der Waals surface area contributed by atoms with E-state index in [9.17, 15) is 24.3 Å². The van der Waals surface area contributed by atoms with Crippen LogP contribution in [0.2, 0.25) is 0 Å². The van der Waals surface area contributed by atoms with Gasteiger partial charge in [-0.15, -0.1) is 23.1 Å². The number of nitrogens with two attached hydrogens (primary N) is 1. The minimum absolute atomic E-state index is 0.00470. The zero-order valence-electron chi connectivity index (χ0n) is 19.8. The van der Waals surface area contributed by atoms with Crippen LogP contribution in [0.3, 0.4) is 0 Å². The molecule has 2 amide bonds. The number of aliphatic carboxylic acids is 1. The number of carbonyl (C=O) groups is 4. The van der Waals surface area contributed by atoms with E-state index >= 15 is 0 Å². The topological polar surface area (TPSA) is 192 Å². The molecule has 0 aromatic carbocycles. The number of amides is 2. The number of anilines is 1. The van der Waals surface area contributed by atoms with Crippen molar-refractivity contribution >= 4 is 57.9 Å². The van der Waals surface area contributed by atoms with Crippen molar-refractivity contribution in [2.45, 2.75) is 30.9 Å². The molecule has 4 N–H and O–H groups in total. The van der Waals surface area contributed by atoms with Gasteiger partial charge < -0.3 is 35.2 Å². The van der Waals surface area contributed by atoms with Crippen molar-refractivity contribution in [3.05, 3.63) is 22.3 Å². The number of nitrogens with one attached hydrogen (secondary N) is 1. The van der Waals surface area contributed by atoms with Crippen LogP contribution in [0.15, 0.2) is 21.8 Å². The first kappa shape index (κ1) is 27.2. The molecule has 0 radical (unpaired) electrons. The Hall–Kier alpha value is -3.37. The molecule has 16 heteroatoms. The third-order valence-corrected chi connectivity index (χ3v) is 7.46. The van der Waals surface area contributed by atoms with E-state index in [1.807, 2.05) is 0 Å². The summed E-state index contributed by atoms with van der Waals surface area (Å²) in [6.07, 6.45) is -2.32. The Morgan fingerprint density at radius 1 is 1.42 bits per heavy atom. The third kappa shape index (κ3) is 4.83. The van der Waals surface area contributed by atoms with Gasteiger partial charge in [0, 0.05) is 18.2 Å². The average Bonchev–Trinajstić information content (AvgIpc) is 3.25. The fourth-order valence-electron chi connectivity index (χ4n) is 3.85. The third-order valence-electron chi connectivity index (χ3n) is 5.37. The van der Waals surface area contributed by atoms with Crippen LogP contribution in [0.4, 0.5) is 9.93 Å². The van der Waals surface area contributed by atoms with Crippen LogP contribution in [0, 0.1) is 0 Å². The van der Waals surface area contributed by atoms with Gasteiger partial charge in [-0.25, -0.2) is 14.6 Å². The number of nitrogen functional groups attached to an aromatic ring is 1. The van der Waals surface area contributed by atoms with Gasteiger partial charge in [0.05, 0.1) is 13.2 Å². The maximum absolute atomic E-state index is 13.6. The molecule has 2 unspecified atom stereocenters. The maximum Gasteiger partial charge on any atom is 0.508 e. The largest absolute Gasteiger partial charge is 0.508 e. The number of carboxylic acids is 1. The van der Waals surface area contributed by atoms with E-state index in [2.05, 4.69) is 15.5 Å². The highest BCUT2D eigenvalue weighted by atomic mass is 32.2. The molecule has 0 aliphatic carbocycles. The molecule has 0 bridgehead atoms. The molecule has 0 spiro atoms. The highest BCUT2D eigenvalue weighted by molar-refractivity contribution is 8.00. The number of β-lactam (4-membered cyclic amide) rings is 1. The molecular weight excluding hydrogens is 518 g/mol. The molecule has 1 fully saturated rings. The first-order chi connectivity index (χ1) is 17.1. The standard InChI is InChI=1S/C20H25N5O9S2/c1-5-33-19(30)34-9(2)20(23-14(26)12(24-32-4)11-8-36-18(21)22-11)16(29)25-13(15(27)28)10(6-31-3)7-35-17(20)25/h8-9,17H,5-7H2,1-4H3,(H2,21,22)(H,23,26)(H,27,28)/t9?,17-,20?/m0/s1. The zero-order valence-corrected chi connectivity index (χ0v) is 21.4. The van der Waals surface area contributed by atoms with Gasteiger partial charge in [-0.2, -0.15) is 0 Å². The summed E-state index contributed by atoms with van der Waals surface area (Å²) in [5, 5.41) is 16.9. The molecule has 3 rings (SSSR count). The van der Waals surface area contributed by atoms with Crippen LogP contribution in [-0.4, -0.2) is 94.8 Å². The van der Waals surface area contributed by atoms with E-state index in [-0.39, 0.29) is 41.2 Å². The number of rotatable bonds is 10. The quantitative estimate of drug-likeness (QED) is 0.159. The van der Waals surface area contributed by atoms with Crippen molar-refractivity contribution in [3.63, 3.8) is 0 Å². The number of nitrogens with zero attached hydrogens (tertiary/aromatic N) is 3. The van der Waals surface area contributed by atoms with Crippen LogP contribution in [0.5, 0.6) is 0 Å². The predicted molar refractivity (Wildman–Crippen MR) is 128 cm³/mol. The second-order valence-electron chi connectivity index (χ2n) is 7.49. The number of aromatic nitrogens is 1. The summed E-state index contributed by atoms with van der Waals surface area (Å²) in [5.41, 5.74) is 3.76. The molecule has 3 atom stereocenters. The molecule has 2 aliphatic heterocycles. The van der Waals surface area contributed by atoms with Crippen LogP contribution < -0.4 is 11.1 Å². The van der Waals surface area contributed by atoms with Crippen LogP contribution in [-0.2, 0) is 33.4 Å². The minimum atomic E-state index is -1.86. The van der Waals surface area contributed by atoms with Gasteiger partial charge in [-0.1, -0.05) is 5.16 Å².